The highest BCUT2D eigenvalue weighted by molar-refractivity contribution is 5.63. The molecule has 0 unspecified atom stereocenters. The van der Waals surface area contributed by atoms with Crippen molar-refractivity contribution in [1.82, 2.24) is 4.98 Å². The third-order valence-electron chi connectivity index (χ3n) is 1.61. The van der Waals surface area contributed by atoms with Crippen molar-refractivity contribution in [3.05, 3.63) is 29.5 Å². The Balaban J connectivity index is 3.18. The summed E-state index contributed by atoms with van der Waals surface area (Å²) in [7, 11) is 0. The van der Waals surface area contributed by atoms with E-state index in [0.29, 0.717) is 6.20 Å². The Morgan fingerprint density at radius 2 is 2.13 bits per heavy atom. The minimum atomic E-state index is -4.46. The van der Waals surface area contributed by atoms with E-state index in [2.05, 4.69) is 4.98 Å². The summed E-state index contributed by atoms with van der Waals surface area (Å²) >= 11 is 0. The number of nitriles is 1. The molecular formula is C9H6F3N3. The number of rotatable bonds is 1. The van der Waals surface area contributed by atoms with Crippen molar-refractivity contribution in [2.75, 3.05) is 5.73 Å². The van der Waals surface area contributed by atoms with Gasteiger partial charge in [-0.05, 0) is 12.1 Å². The highest BCUT2D eigenvalue weighted by Crippen LogP contribution is 2.30. The summed E-state index contributed by atoms with van der Waals surface area (Å²) in [6, 6.07) is 2.50. The predicted octanol–water partition coefficient (Wildman–Crippen LogP) is 2.22. The van der Waals surface area contributed by atoms with E-state index in [0.717, 1.165) is 12.1 Å². The first-order chi connectivity index (χ1) is 6.95. The van der Waals surface area contributed by atoms with E-state index in [4.69, 9.17) is 11.0 Å². The summed E-state index contributed by atoms with van der Waals surface area (Å²) in [5, 5.41) is 8.23. The molecule has 0 bridgehead atoms. The van der Waals surface area contributed by atoms with Gasteiger partial charge in [0.25, 0.3) is 0 Å². The number of allylic oxidation sites excluding steroid dienone is 1. The van der Waals surface area contributed by atoms with Gasteiger partial charge in [0.1, 0.15) is 5.82 Å². The molecule has 0 spiro atoms. The van der Waals surface area contributed by atoms with Crippen molar-refractivity contribution in [2.24, 2.45) is 0 Å². The van der Waals surface area contributed by atoms with E-state index in [1.165, 1.54) is 6.08 Å². The summed E-state index contributed by atoms with van der Waals surface area (Å²) in [5.41, 5.74) is 4.52. The van der Waals surface area contributed by atoms with Gasteiger partial charge in [-0.1, -0.05) is 0 Å². The molecule has 0 amide bonds. The van der Waals surface area contributed by atoms with Crippen LogP contribution < -0.4 is 5.73 Å². The van der Waals surface area contributed by atoms with Gasteiger partial charge >= 0.3 is 6.18 Å². The summed E-state index contributed by atoms with van der Waals surface area (Å²) in [6.45, 7) is 0. The maximum atomic E-state index is 12.3. The quantitative estimate of drug-likeness (QED) is 0.727. The molecule has 0 aromatic carbocycles. The van der Waals surface area contributed by atoms with Gasteiger partial charge in [0.05, 0.1) is 11.6 Å². The number of nitrogens with zero attached hydrogens (tertiary/aromatic N) is 2. The van der Waals surface area contributed by atoms with Crippen LogP contribution in [-0.4, -0.2) is 4.98 Å². The molecule has 0 aliphatic heterocycles. The monoisotopic (exact) mass is 213 g/mol. The van der Waals surface area contributed by atoms with Crippen LogP contribution >= 0.6 is 0 Å². The van der Waals surface area contributed by atoms with Crippen LogP contribution in [0.3, 0.4) is 0 Å². The summed E-state index contributed by atoms with van der Waals surface area (Å²) in [5.74, 6) is -0.0468. The third-order valence-corrected chi connectivity index (χ3v) is 1.61. The Kier molecular flexibility index (Phi) is 2.95. The van der Waals surface area contributed by atoms with E-state index in [-0.39, 0.29) is 11.4 Å². The molecule has 15 heavy (non-hydrogen) atoms. The van der Waals surface area contributed by atoms with Crippen LogP contribution in [0.25, 0.3) is 6.08 Å². The van der Waals surface area contributed by atoms with Crippen LogP contribution in [0.5, 0.6) is 0 Å². The number of hydrogen-bond donors (Lipinski definition) is 1. The van der Waals surface area contributed by atoms with Crippen molar-refractivity contribution in [3.8, 4) is 6.07 Å². The zero-order valence-corrected chi connectivity index (χ0v) is 7.42. The lowest BCUT2D eigenvalue weighted by atomic mass is 10.1. The number of aromatic nitrogens is 1. The molecule has 3 nitrogen and oxygen atoms in total. The molecule has 6 heteroatoms. The molecule has 1 heterocycles. The molecular weight excluding hydrogens is 207 g/mol. The minimum Gasteiger partial charge on any atom is -0.383 e. The smallest absolute Gasteiger partial charge is 0.383 e. The fourth-order valence-corrected chi connectivity index (χ4v) is 0.908. The van der Waals surface area contributed by atoms with Gasteiger partial charge < -0.3 is 5.73 Å². The van der Waals surface area contributed by atoms with Crippen molar-refractivity contribution in [3.63, 3.8) is 0 Å². The lowest BCUT2D eigenvalue weighted by Crippen LogP contribution is -2.07. The van der Waals surface area contributed by atoms with Crippen molar-refractivity contribution < 1.29 is 13.2 Å². The maximum absolute atomic E-state index is 12.3. The average molecular weight is 213 g/mol. The van der Waals surface area contributed by atoms with E-state index < -0.39 is 11.7 Å². The number of nitrogens with two attached hydrogens (primary N) is 1. The Morgan fingerprint density at radius 1 is 1.47 bits per heavy atom. The number of anilines is 1. The van der Waals surface area contributed by atoms with Gasteiger partial charge in [0.15, 0.2) is 0 Å². The Bertz CT molecular complexity index is 429. The molecule has 1 aromatic heterocycles. The van der Waals surface area contributed by atoms with Crippen LogP contribution in [-0.2, 0) is 6.18 Å². The van der Waals surface area contributed by atoms with E-state index >= 15 is 0 Å². The zero-order chi connectivity index (χ0) is 11.5. The number of pyridine rings is 1. The topological polar surface area (TPSA) is 62.7 Å². The highest BCUT2D eigenvalue weighted by atomic mass is 19.4. The Morgan fingerprint density at radius 3 is 2.67 bits per heavy atom. The summed E-state index contributed by atoms with van der Waals surface area (Å²) < 4.78 is 36.8. The fraction of sp³-hybridized carbons (Fsp3) is 0.111. The first-order valence-electron chi connectivity index (χ1n) is 3.84. The van der Waals surface area contributed by atoms with Crippen LogP contribution in [0.1, 0.15) is 11.1 Å². The molecule has 1 aromatic rings. The second-order valence-corrected chi connectivity index (χ2v) is 2.66. The van der Waals surface area contributed by atoms with Crippen molar-refractivity contribution >= 4 is 11.9 Å². The molecule has 0 aliphatic rings. The van der Waals surface area contributed by atoms with Crippen LogP contribution in [0, 0.1) is 11.3 Å². The molecule has 0 radical (unpaired) electrons. The molecule has 0 saturated heterocycles. The van der Waals surface area contributed by atoms with Gasteiger partial charge in [-0.15, -0.1) is 0 Å². The minimum absolute atomic E-state index is 0.0468. The maximum Gasteiger partial charge on any atom is 0.417 e. The first kappa shape index (κ1) is 11.0. The predicted molar refractivity (Wildman–Crippen MR) is 48.3 cm³/mol. The zero-order valence-electron chi connectivity index (χ0n) is 7.42. The molecule has 1 rings (SSSR count). The second-order valence-electron chi connectivity index (χ2n) is 2.66. The van der Waals surface area contributed by atoms with Crippen molar-refractivity contribution in [1.29, 1.82) is 5.26 Å². The van der Waals surface area contributed by atoms with Gasteiger partial charge in [-0.2, -0.15) is 18.4 Å². The fourth-order valence-electron chi connectivity index (χ4n) is 0.908. The van der Waals surface area contributed by atoms with E-state index in [1.54, 1.807) is 6.07 Å². The highest BCUT2D eigenvalue weighted by Gasteiger charge is 2.31. The molecule has 2 N–H and O–H groups in total. The molecule has 0 fully saturated rings. The normalized spacial score (nSPS) is 11.6. The largest absolute Gasteiger partial charge is 0.417 e. The first-order valence-corrected chi connectivity index (χ1v) is 3.84. The molecule has 0 saturated carbocycles. The van der Waals surface area contributed by atoms with Crippen LogP contribution in [0.2, 0.25) is 0 Å². The standard InChI is InChI=1S/C9H6F3N3/c10-9(11,12)7-4-6(2-1-3-13)8(14)15-5-7/h1-2,4-5H,(H2,14,15). The second kappa shape index (κ2) is 4.00. The van der Waals surface area contributed by atoms with Crippen LogP contribution in [0.4, 0.5) is 19.0 Å². The van der Waals surface area contributed by atoms with Gasteiger partial charge in [0, 0.05) is 17.8 Å². The lowest BCUT2D eigenvalue weighted by molar-refractivity contribution is -0.137. The average Bonchev–Trinajstić information content (AvgIpc) is 2.15. The Labute approximate surface area is 83.7 Å². The third kappa shape index (κ3) is 2.71. The van der Waals surface area contributed by atoms with Crippen LogP contribution in [0.15, 0.2) is 18.3 Å². The Hall–Kier alpha value is -2.03. The van der Waals surface area contributed by atoms with Crippen molar-refractivity contribution in [2.45, 2.75) is 6.18 Å². The van der Waals surface area contributed by atoms with Gasteiger partial charge in [0.2, 0.25) is 0 Å². The lowest BCUT2D eigenvalue weighted by Gasteiger charge is -2.07. The summed E-state index contributed by atoms with van der Waals surface area (Å²) in [4.78, 5) is 3.40. The molecule has 78 valence electrons. The van der Waals surface area contributed by atoms with Gasteiger partial charge in [-0.25, -0.2) is 4.98 Å². The number of hydrogen-bond acceptors (Lipinski definition) is 3. The van der Waals surface area contributed by atoms with E-state index in [1.807, 2.05) is 0 Å². The summed E-state index contributed by atoms with van der Waals surface area (Å²) in [6.07, 6.45) is -1.60. The van der Waals surface area contributed by atoms with Gasteiger partial charge in [-0.3, -0.25) is 0 Å². The molecule has 0 atom stereocenters. The molecule has 0 aliphatic carbocycles. The number of alkyl halides is 3. The van der Waals surface area contributed by atoms with E-state index in [9.17, 15) is 13.2 Å². The SMILES string of the molecule is N#CC=Cc1cc(C(F)(F)F)cnc1N. The number of nitrogen functional groups attached to an aromatic ring is 1. The number of halogens is 3.